The first-order valence-corrected chi connectivity index (χ1v) is 7.37. The van der Waals surface area contributed by atoms with E-state index < -0.39 is 0 Å². The molecule has 3 rings (SSSR count). The quantitative estimate of drug-likeness (QED) is 0.890. The maximum atomic E-state index is 6.25. The molecule has 3 nitrogen and oxygen atoms in total. The zero-order chi connectivity index (χ0) is 13.2. The number of guanidine groups is 1. The maximum Gasteiger partial charge on any atom is 0.189 e. The third-order valence-electron chi connectivity index (χ3n) is 3.23. The Morgan fingerprint density at radius 3 is 2.84 bits per heavy atom. The summed E-state index contributed by atoms with van der Waals surface area (Å²) in [6.07, 6.45) is 0.866. The lowest BCUT2D eigenvalue weighted by molar-refractivity contribution is 0.493. The van der Waals surface area contributed by atoms with Gasteiger partial charge in [-0.3, -0.25) is 0 Å². The van der Waals surface area contributed by atoms with Crippen LogP contribution in [-0.2, 0) is 0 Å². The SMILES string of the molecule is NC1=NC(c2ccccc2Cl)CC(c2cccs2)N1. The van der Waals surface area contributed by atoms with Crippen LogP contribution in [0.4, 0.5) is 0 Å². The molecule has 1 aromatic heterocycles. The molecule has 5 heteroatoms. The molecule has 0 bridgehead atoms. The predicted octanol–water partition coefficient (Wildman–Crippen LogP) is 3.49. The molecular weight excluding hydrogens is 278 g/mol. The molecule has 1 aromatic carbocycles. The molecule has 19 heavy (non-hydrogen) atoms. The maximum absolute atomic E-state index is 6.25. The molecular formula is C14H14ClN3S. The van der Waals surface area contributed by atoms with Gasteiger partial charge in [0.25, 0.3) is 0 Å². The second-order valence-electron chi connectivity index (χ2n) is 4.50. The third-order valence-corrected chi connectivity index (χ3v) is 4.56. The lowest BCUT2D eigenvalue weighted by Crippen LogP contribution is -2.39. The second-order valence-corrected chi connectivity index (χ2v) is 5.89. The van der Waals surface area contributed by atoms with Crippen molar-refractivity contribution in [2.24, 2.45) is 10.7 Å². The average Bonchev–Trinajstić information content (AvgIpc) is 2.92. The third kappa shape index (κ3) is 2.60. The summed E-state index contributed by atoms with van der Waals surface area (Å²) in [6.45, 7) is 0. The molecule has 0 amide bonds. The molecule has 1 aliphatic heterocycles. The first-order valence-electron chi connectivity index (χ1n) is 6.11. The van der Waals surface area contributed by atoms with Gasteiger partial charge in [0.15, 0.2) is 5.96 Å². The van der Waals surface area contributed by atoms with Crippen molar-refractivity contribution in [2.45, 2.75) is 18.5 Å². The van der Waals surface area contributed by atoms with E-state index in [4.69, 9.17) is 17.3 Å². The van der Waals surface area contributed by atoms with Crippen LogP contribution in [0.5, 0.6) is 0 Å². The fourth-order valence-electron chi connectivity index (χ4n) is 2.34. The van der Waals surface area contributed by atoms with Crippen molar-refractivity contribution in [1.82, 2.24) is 5.32 Å². The van der Waals surface area contributed by atoms with Crippen LogP contribution < -0.4 is 11.1 Å². The fourth-order valence-corrected chi connectivity index (χ4v) is 3.39. The van der Waals surface area contributed by atoms with Gasteiger partial charge in [0.2, 0.25) is 0 Å². The molecule has 0 radical (unpaired) electrons. The number of thiophene rings is 1. The second kappa shape index (κ2) is 5.23. The Hall–Kier alpha value is -1.52. The van der Waals surface area contributed by atoms with E-state index >= 15 is 0 Å². The van der Waals surface area contributed by atoms with Crippen LogP contribution >= 0.6 is 22.9 Å². The van der Waals surface area contributed by atoms with E-state index in [1.807, 2.05) is 30.3 Å². The van der Waals surface area contributed by atoms with E-state index in [0.29, 0.717) is 5.96 Å². The summed E-state index contributed by atoms with van der Waals surface area (Å²) in [5.74, 6) is 0.481. The lowest BCUT2D eigenvalue weighted by Gasteiger charge is -2.28. The van der Waals surface area contributed by atoms with Crippen LogP contribution in [0.15, 0.2) is 46.8 Å². The zero-order valence-corrected chi connectivity index (χ0v) is 11.8. The molecule has 2 aromatic rings. The van der Waals surface area contributed by atoms with E-state index in [2.05, 4.69) is 21.8 Å². The lowest BCUT2D eigenvalue weighted by atomic mass is 9.97. The van der Waals surface area contributed by atoms with Gasteiger partial charge in [0, 0.05) is 9.90 Å². The number of rotatable bonds is 2. The number of nitrogens with two attached hydrogens (primary N) is 1. The van der Waals surface area contributed by atoms with Gasteiger partial charge in [-0.1, -0.05) is 35.9 Å². The Bertz CT molecular complexity index is 594. The summed E-state index contributed by atoms with van der Waals surface area (Å²) in [6, 6.07) is 12.2. The van der Waals surface area contributed by atoms with Crippen LogP contribution in [-0.4, -0.2) is 5.96 Å². The van der Waals surface area contributed by atoms with E-state index in [0.717, 1.165) is 17.0 Å². The molecule has 0 saturated heterocycles. The van der Waals surface area contributed by atoms with Crippen molar-refractivity contribution in [3.8, 4) is 0 Å². The molecule has 2 heterocycles. The first-order chi connectivity index (χ1) is 9.24. The fraction of sp³-hybridized carbons (Fsp3) is 0.214. The van der Waals surface area contributed by atoms with Gasteiger partial charge in [0.1, 0.15) is 0 Å². The topological polar surface area (TPSA) is 50.4 Å². The first kappa shape index (κ1) is 12.5. The minimum Gasteiger partial charge on any atom is -0.370 e. The Morgan fingerprint density at radius 2 is 2.11 bits per heavy atom. The number of benzene rings is 1. The average molecular weight is 292 g/mol. The van der Waals surface area contributed by atoms with Crippen molar-refractivity contribution in [3.05, 3.63) is 57.2 Å². The van der Waals surface area contributed by atoms with Gasteiger partial charge < -0.3 is 11.1 Å². The highest BCUT2D eigenvalue weighted by Crippen LogP contribution is 2.36. The van der Waals surface area contributed by atoms with Crippen LogP contribution in [0.2, 0.25) is 5.02 Å². The van der Waals surface area contributed by atoms with E-state index in [9.17, 15) is 0 Å². The van der Waals surface area contributed by atoms with Crippen LogP contribution in [0.25, 0.3) is 0 Å². The molecule has 98 valence electrons. The highest BCUT2D eigenvalue weighted by molar-refractivity contribution is 7.10. The highest BCUT2D eigenvalue weighted by Gasteiger charge is 2.26. The number of nitrogens with one attached hydrogen (secondary N) is 1. The van der Waals surface area contributed by atoms with Gasteiger partial charge in [0.05, 0.1) is 12.1 Å². The van der Waals surface area contributed by atoms with Gasteiger partial charge >= 0.3 is 0 Å². The van der Waals surface area contributed by atoms with E-state index in [1.165, 1.54) is 4.88 Å². The summed E-state index contributed by atoms with van der Waals surface area (Å²) < 4.78 is 0. The molecule has 1 aliphatic rings. The van der Waals surface area contributed by atoms with Gasteiger partial charge in [-0.2, -0.15) is 0 Å². The number of hydrogen-bond acceptors (Lipinski definition) is 4. The molecule has 3 N–H and O–H groups in total. The molecule has 2 unspecified atom stereocenters. The summed E-state index contributed by atoms with van der Waals surface area (Å²) >= 11 is 7.98. The summed E-state index contributed by atoms with van der Waals surface area (Å²) in [7, 11) is 0. The minimum atomic E-state index is 0.0158. The standard InChI is InChI=1S/C14H14ClN3S/c15-10-5-2-1-4-9(10)11-8-12(18-14(16)17-11)13-6-3-7-19-13/h1-7,11-12H,8H2,(H3,16,17,18). The Balaban J connectivity index is 1.91. The van der Waals surface area contributed by atoms with Gasteiger partial charge in [-0.25, -0.2) is 4.99 Å². The van der Waals surface area contributed by atoms with Crippen molar-refractivity contribution in [1.29, 1.82) is 0 Å². The van der Waals surface area contributed by atoms with Crippen molar-refractivity contribution in [2.75, 3.05) is 0 Å². The van der Waals surface area contributed by atoms with Gasteiger partial charge in [-0.05, 0) is 29.5 Å². The van der Waals surface area contributed by atoms with Crippen molar-refractivity contribution >= 4 is 28.9 Å². The number of aliphatic imine (C=N–C) groups is 1. The van der Waals surface area contributed by atoms with E-state index in [1.54, 1.807) is 11.3 Å². The Kier molecular flexibility index (Phi) is 3.44. The van der Waals surface area contributed by atoms with Crippen LogP contribution in [0.3, 0.4) is 0 Å². The largest absolute Gasteiger partial charge is 0.370 e. The van der Waals surface area contributed by atoms with E-state index in [-0.39, 0.29) is 12.1 Å². The van der Waals surface area contributed by atoms with Crippen LogP contribution in [0, 0.1) is 0 Å². The predicted molar refractivity (Wildman–Crippen MR) is 80.6 cm³/mol. The van der Waals surface area contributed by atoms with Crippen molar-refractivity contribution < 1.29 is 0 Å². The number of nitrogens with zero attached hydrogens (tertiary/aromatic N) is 1. The summed E-state index contributed by atoms with van der Waals surface area (Å²) in [5, 5.41) is 6.05. The number of hydrogen-bond donors (Lipinski definition) is 2. The van der Waals surface area contributed by atoms with Crippen LogP contribution in [0.1, 0.15) is 28.9 Å². The van der Waals surface area contributed by atoms with Crippen molar-refractivity contribution in [3.63, 3.8) is 0 Å². The van der Waals surface area contributed by atoms with Gasteiger partial charge in [-0.15, -0.1) is 11.3 Å². The zero-order valence-electron chi connectivity index (χ0n) is 10.2. The minimum absolute atomic E-state index is 0.0158. The molecule has 2 atom stereocenters. The number of halogens is 1. The molecule has 0 fully saturated rings. The molecule has 0 aliphatic carbocycles. The Labute approximate surface area is 121 Å². The Morgan fingerprint density at radius 1 is 1.26 bits per heavy atom. The highest BCUT2D eigenvalue weighted by atomic mass is 35.5. The molecule has 0 saturated carbocycles. The summed E-state index contributed by atoms with van der Waals surface area (Å²) in [4.78, 5) is 5.75. The molecule has 0 spiro atoms. The normalized spacial score (nSPS) is 22.7. The summed E-state index contributed by atoms with van der Waals surface area (Å²) in [5.41, 5.74) is 6.95. The smallest absolute Gasteiger partial charge is 0.189 e. The monoisotopic (exact) mass is 291 g/mol.